The van der Waals surface area contributed by atoms with Crippen molar-refractivity contribution in [1.82, 2.24) is 9.97 Å². The molecule has 1 heterocycles. The molecule has 4 heteroatoms. The molecule has 1 aromatic heterocycles. The maximum Gasteiger partial charge on any atom is 0.226 e. The molecule has 0 spiro atoms. The molecule has 2 rings (SSSR count). The van der Waals surface area contributed by atoms with Gasteiger partial charge in [0.15, 0.2) is 0 Å². The zero-order chi connectivity index (χ0) is 14.5. The molecule has 1 unspecified atom stereocenters. The van der Waals surface area contributed by atoms with E-state index in [1.54, 1.807) is 0 Å². The highest BCUT2D eigenvalue weighted by Gasteiger charge is 2.09. The predicted octanol–water partition coefficient (Wildman–Crippen LogP) is 3.75. The van der Waals surface area contributed by atoms with Gasteiger partial charge in [0, 0.05) is 11.8 Å². The van der Waals surface area contributed by atoms with E-state index in [0.717, 1.165) is 5.69 Å². The molecule has 0 fully saturated rings. The average Bonchev–Trinajstić information content (AvgIpc) is 2.38. The van der Waals surface area contributed by atoms with E-state index in [-0.39, 0.29) is 12.1 Å². The third-order valence-corrected chi connectivity index (χ3v) is 2.83. The van der Waals surface area contributed by atoms with Crippen molar-refractivity contribution < 1.29 is 4.74 Å². The Morgan fingerprint density at radius 3 is 2.40 bits per heavy atom. The van der Waals surface area contributed by atoms with Crippen LogP contribution in [0, 0.1) is 6.92 Å². The first-order valence-electron chi connectivity index (χ1n) is 6.88. The Morgan fingerprint density at radius 2 is 1.75 bits per heavy atom. The van der Waals surface area contributed by atoms with Gasteiger partial charge in [0.25, 0.3) is 0 Å². The summed E-state index contributed by atoms with van der Waals surface area (Å²) in [7, 11) is 0. The zero-order valence-electron chi connectivity index (χ0n) is 12.4. The van der Waals surface area contributed by atoms with Crippen molar-refractivity contribution in [2.75, 3.05) is 5.32 Å². The molecule has 106 valence electrons. The fourth-order valence-electron chi connectivity index (χ4n) is 1.92. The smallest absolute Gasteiger partial charge is 0.226 e. The van der Waals surface area contributed by atoms with Gasteiger partial charge in [-0.05, 0) is 33.3 Å². The van der Waals surface area contributed by atoms with E-state index in [1.807, 2.05) is 45.0 Å². The molecule has 0 aliphatic heterocycles. The minimum atomic E-state index is 0.101. The van der Waals surface area contributed by atoms with E-state index >= 15 is 0 Å². The normalized spacial score (nSPS) is 12.2. The Balaban J connectivity index is 2.14. The lowest BCUT2D eigenvalue weighted by Crippen LogP contribution is -2.12. The maximum absolute atomic E-state index is 5.63. The molecule has 20 heavy (non-hydrogen) atoms. The van der Waals surface area contributed by atoms with E-state index in [0.29, 0.717) is 11.8 Å². The predicted molar refractivity (Wildman–Crippen MR) is 81.0 cm³/mol. The average molecular weight is 271 g/mol. The molecule has 0 radical (unpaired) electrons. The van der Waals surface area contributed by atoms with E-state index in [2.05, 4.69) is 34.3 Å². The second-order valence-corrected chi connectivity index (χ2v) is 5.11. The summed E-state index contributed by atoms with van der Waals surface area (Å²) in [5.74, 6) is 1.20. The molecular formula is C16H21N3O. The number of rotatable bonds is 5. The van der Waals surface area contributed by atoms with Crippen LogP contribution in [0.1, 0.15) is 38.1 Å². The number of aryl methyl sites for hydroxylation is 1. The van der Waals surface area contributed by atoms with Crippen LogP contribution in [0.25, 0.3) is 0 Å². The van der Waals surface area contributed by atoms with Gasteiger partial charge in [-0.3, -0.25) is 0 Å². The lowest BCUT2D eigenvalue weighted by molar-refractivity contribution is 0.232. The summed E-state index contributed by atoms with van der Waals surface area (Å²) in [5, 5.41) is 3.31. The number of ether oxygens (including phenoxy) is 1. The topological polar surface area (TPSA) is 47.0 Å². The van der Waals surface area contributed by atoms with Crippen LogP contribution in [0.4, 0.5) is 5.95 Å². The van der Waals surface area contributed by atoms with Gasteiger partial charge in [0.05, 0.1) is 12.1 Å². The van der Waals surface area contributed by atoms with Crippen LogP contribution in [-0.4, -0.2) is 16.1 Å². The third kappa shape index (κ3) is 3.95. The standard InChI is InChI=1S/C16H21N3O/c1-11(2)20-15-10-12(3)17-16(19-15)18-13(4)14-8-6-5-7-9-14/h5-11,13H,1-4H3,(H,17,18,19). The molecule has 1 aromatic carbocycles. The van der Waals surface area contributed by atoms with Crippen molar-refractivity contribution in [2.24, 2.45) is 0 Å². The number of nitrogens with one attached hydrogen (secondary N) is 1. The van der Waals surface area contributed by atoms with Crippen LogP contribution < -0.4 is 10.1 Å². The summed E-state index contributed by atoms with van der Waals surface area (Å²) in [5.41, 5.74) is 2.09. The van der Waals surface area contributed by atoms with Crippen LogP contribution in [0.15, 0.2) is 36.4 Å². The van der Waals surface area contributed by atoms with Crippen molar-refractivity contribution in [1.29, 1.82) is 0 Å². The van der Waals surface area contributed by atoms with E-state index in [4.69, 9.17) is 4.74 Å². The molecule has 0 saturated carbocycles. The minimum absolute atomic E-state index is 0.101. The minimum Gasteiger partial charge on any atom is -0.475 e. The summed E-state index contributed by atoms with van der Waals surface area (Å²) < 4.78 is 5.63. The van der Waals surface area contributed by atoms with Crippen molar-refractivity contribution in [3.8, 4) is 5.88 Å². The molecule has 0 saturated heterocycles. The van der Waals surface area contributed by atoms with Gasteiger partial charge in [0.2, 0.25) is 11.8 Å². The monoisotopic (exact) mass is 271 g/mol. The molecule has 4 nitrogen and oxygen atoms in total. The van der Waals surface area contributed by atoms with Gasteiger partial charge in [-0.15, -0.1) is 0 Å². The largest absolute Gasteiger partial charge is 0.475 e. The molecule has 0 amide bonds. The fourth-order valence-corrected chi connectivity index (χ4v) is 1.92. The van der Waals surface area contributed by atoms with Crippen molar-refractivity contribution in [3.05, 3.63) is 47.7 Å². The molecule has 0 aliphatic carbocycles. The van der Waals surface area contributed by atoms with Gasteiger partial charge < -0.3 is 10.1 Å². The summed E-state index contributed by atoms with van der Waals surface area (Å²) in [4.78, 5) is 8.80. The molecule has 1 atom stereocenters. The van der Waals surface area contributed by atoms with E-state index in [1.165, 1.54) is 5.56 Å². The van der Waals surface area contributed by atoms with E-state index < -0.39 is 0 Å². The number of nitrogens with zero attached hydrogens (tertiary/aromatic N) is 2. The first-order chi connectivity index (χ1) is 9.54. The first kappa shape index (κ1) is 14.3. The molecule has 0 aliphatic rings. The highest BCUT2D eigenvalue weighted by Crippen LogP contribution is 2.19. The van der Waals surface area contributed by atoms with Crippen LogP contribution in [0.2, 0.25) is 0 Å². The Bertz CT molecular complexity index is 555. The molecule has 0 bridgehead atoms. The number of aromatic nitrogens is 2. The highest BCUT2D eigenvalue weighted by molar-refractivity contribution is 5.34. The Hall–Kier alpha value is -2.10. The summed E-state index contributed by atoms with van der Waals surface area (Å²) in [6.45, 7) is 7.99. The number of hydrogen-bond acceptors (Lipinski definition) is 4. The van der Waals surface area contributed by atoms with Crippen molar-refractivity contribution in [2.45, 2.75) is 39.8 Å². The highest BCUT2D eigenvalue weighted by atomic mass is 16.5. The number of hydrogen-bond donors (Lipinski definition) is 1. The van der Waals surface area contributed by atoms with Crippen LogP contribution >= 0.6 is 0 Å². The molecular weight excluding hydrogens is 250 g/mol. The van der Waals surface area contributed by atoms with Crippen LogP contribution in [0.3, 0.4) is 0 Å². The SMILES string of the molecule is Cc1cc(OC(C)C)nc(NC(C)c2ccccc2)n1. The van der Waals surface area contributed by atoms with Gasteiger partial charge >= 0.3 is 0 Å². The summed E-state index contributed by atoms with van der Waals surface area (Å²) in [6, 6.07) is 12.2. The Morgan fingerprint density at radius 1 is 1.05 bits per heavy atom. The Kier molecular flexibility index (Phi) is 4.56. The fraction of sp³-hybridized carbons (Fsp3) is 0.375. The first-order valence-corrected chi connectivity index (χ1v) is 6.88. The van der Waals surface area contributed by atoms with Gasteiger partial charge in [0.1, 0.15) is 0 Å². The quantitative estimate of drug-likeness (QED) is 0.899. The Labute approximate surface area is 120 Å². The van der Waals surface area contributed by atoms with E-state index in [9.17, 15) is 0 Å². The van der Waals surface area contributed by atoms with Crippen LogP contribution in [0.5, 0.6) is 5.88 Å². The number of benzene rings is 1. The second-order valence-electron chi connectivity index (χ2n) is 5.11. The molecule has 2 aromatic rings. The second kappa shape index (κ2) is 6.37. The van der Waals surface area contributed by atoms with Crippen LogP contribution in [-0.2, 0) is 0 Å². The maximum atomic E-state index is 5.63. The zero-order valence-corrected chi connectivity index (χ0v) is 12.4. The summed E-state index contributed by atoms with van der Waals surface area (Å²) in [6.07, 6.45) is 0.101. The van der Waals surface area contributed by atoms with Gasteiger partial charge in [-0.2, -0.15) is 4.98 Å². The van der Waals surface area contributed by atoms with Gasteiger partial charge in [-0.25, -0.2) is 4.98 Å². The summed E-state index contributed by atoms with van der Waals surface area (Å²) >= 11 is 0. The molecule has 1 N–H and O–H groups in total. The lowest BCUT2D eigenvalue weighted by Gasteiger charge is -2.16. The van der Waals surface area contributed by atoms with Crippen molar-refractivity contribution in [3.63, 3.8) is 0 Å². The third-order valence-electron chi connectivity index (χ3n) is 2.83. The lowest BCUT2D eigenvalue weighted by atomic mass is 10.1. The number of anilines is 1. The van der Waals surface area contributed by atoms with Crippen molar-refractivity contribution >= 4 is 5.95 Å². The van der Waals surface area contributed by atoms with Gasteiger partial charge in [-0.1, -0.05) is 30.3 Å².